The van der Waals surface area contributed by atoms with Crippen LogP contribution in [-0.2, 0) is 10.2 Å². The summed E-state index contributed by atoms with van der Waals surface area (Å²) in [5.41, 5.74) is 4.74. The molecule has 2 heterocycles. The molecule has 1 spiro atoms. The Labute approximate surface area is 152 Å². The van der Waals surface area contributed by atoms with E-state index in [4.69, 9.17) is 0 Å². The van der Waals surface area contributed by atoms with Gasteiger partial charge in [0.1, 0.15) is 0 Å². The summed E-state index contributed by atoms with van der Waals surface area (Å²) in [6, 6.07) is 1.38. The van der Waals surface area contributed by atoms with Gasteiger partial charge < -0.3 is 5.32 Å². The van der Waals surface area contributed by atoms with Crippen molar-refractivity contribution in [3.8, 4) is 0 Å². The van der Waals surface area contributed by atoms with Gasteiger partial charge in [0.25, 0.3) is 0 Å². The molecule has 1 amide bonds. The van der Waals surface area contributed by atoms with E-state index in [1.807, 2.05) is 6.20 Å². The van der Waals surface area contributed by atoms with Gasteiger partial charge in [-0.25, -0.2) is 9.50 Å². The third-order valence-corrected chi connectivity index (χ3v) is 4.50. The van der Waals surface area contributed by atoms with Crippen LogP contribution >= 0.6 is 12.6 Å². The lowest BCUT2D eigenvalue weighted by molar-refractivity contribution is -0.108. The number of rotatable bonds is 2. The molecule has 2 aromatic rings. The molecular weight excluding hydrogens is 339 g/mol. The van der Waals surface area contributed by atoms with E-state index in [0.717, 1.165) is 36.1 Å². The van der Waals surface area contributed by atoms with Crippen LogP contribution < -0.4 is 5.32 Å². The number of aromatic nitrogens is 3. The fourth-order valence-corrected chi connectivity index (χ4v) is 3.38. The Morgan fingerprint density at radius 1 is 1.48 bits per heavy atom. The summed E-state index contributed by atoms with van der Waals surface area (Å²) in [4.78, 5) is 13.7. The summed E-state index contributed by atoms with van der Waals surface area (Å²) in [5, 5.41) is 6.28. The van der Waals surface area contributed by atoms with Crippen molar-refractivity contribution in [3.63, 3.8) is 0 Å². The first-order valence-corrected chi connectivity index (χ1v) is 8.89. The fraction of sp³-hybridized carbons (Fsp3) is 0.389. The van der Waals surface area contributed by atoms with Gasteiger partial charge in [0, 0.05) is 28.9 Å². The Hall–Kier alpha value is -2.15. The summed E-state index contributed by atoms with van der Waals surface area (Å²) in [5.74, 6) is -0.460. The maximum absolute atomic E-state index is 13.3. The van der Waals surface area contributed by atoms with E-state index in [9.17, 15) is 9.18 Å². The molecule has 1 fully saturated rings. The third-order valence-electron chi connectivity index (χ3n) is 4.50. The molecular formula is C18H23FN4OS. The molecule has 2 aliphatic carbocycles. The van der Waals surface area contributed by atoms with E-state index in [1.165, 1.54) is 12.5 Å². The lowest BCUT2D eigenvalue weighted by Gasteiger charge is -2.38. The number of allylic oxidation sites excluding steroid dienone is 2. The molecule has 7 heteroatoms. The van der Waals surface area contributed by atoms with Crippen molar-refractivity contribution < 1.29 is 9.18 Å². The SMILES string of the molecule is C=C(C)NC=O.C=C1CC2(CCC2)c2c1cnc1cc(F)nn21.CS. The smallest absolute Gasteiger partial charge is 0.235 e. The monoisotopic (exact) mass is 362 g/mol. The van der Waals surface area contributed by atoms with Crippen LogP contribution in [0.25, 0.3) is 11.2 Å². The van der Waals surface area contributed by atoms with Crippen LogP contribution in [0.15, 0.2) is 31.1 Å². The molecule has 0 unspecified atom stereocenters. The largest absolute Gasteiger partial charge is 0.333 e. The Bertz CT molecular complexity index is 811. The lowest BCUT2D eigenvalue weighted by Crippen LogP contribution is -2.33. The Morgan fingerprint density at radius 3 is 2.64 bits per heavy atom. The number of nitrogens with zero attached hydrogens (tertiary/aromatic N) is 3. The molecule has 1 saturated carbocycles. The van der Waals surface area contributed by atoms with Crippen LogP contribution in [0.3, 0.4) is 0 Å². The van der Waals surface area contributed by atoms with E-state index in [-0.39, 0.29) is 5.41 Å². The zero-order chi connectivity index (χ0) is 18.6. The molecule has 0 aromatic carbocycles. The minimum Gasteiger partial charge on any atom is -0.333 e. The molecule has 0 bridgehead atoms. The molecule has 2 aromatic heterocycles. The van der Waals surface area contributed by atoms with E-state index in [1.54, 1.807) is 17.7 Å². The van der Waals surface area contributed by atoms with Gasteiger partial charge in [-0.3, -0.25) is 4.79 Å². The zero-order valence-corrected chi connectivity index (χ0v) is 15.4. The third kappa shape index (κ3) is 3.61. The van der Waals surface area contributed by atoms with Crippen molar-refractivity contribution in [2.45, 2.75) is 38.0 Å². The number of thiol groups is 1. The van der Waals surface area contributed by atoms with Crippen molar-refractivity contribution in [1.29, 1.82) is 0 Å². The minimum absolute atomic E-state index is 0.159. The van der Waals surface area contributed by atoms with Crippen molar-refractivity contribution in [1.82, 2.24) is 19.9 Å². The first-order chi connectivity index (χ1) is 12.0. The average Bonchev–Trinajstić information content (AvgIpc) is 3.06. The molecule has 0 radical (unpaired) electrons. The zero-order valence-electron chi connectivity index (χ0n) is 14.5. The average molecular weight is 362 g/mol. The summed E-state index contributed by atoms with van der Waals surface area (Å²) in [6.07, 6.45) is 8.63. The maximum atomic E-state index is 13.3. The molecule has 5 nitrogen and oxygen atoms in total. The van der Waals surface area contributed by atoms with E-state index < -0.39 is 5.95 Å². The van der Waals surface area contributed by atoms with Gasteiger partial charge in [-0.2, -0.15) is 17.0 Å². The molecule has 0 aliphatic heterocycles. The number of hydrogen-bond acceptors (Lipinski definition) is 4. The number of hydrogen-bond donors (Lipinski definition) is 2. The summed E-state index contributed by atoms with van der Waals surface area (Å²) < 4.78 is 14.9. The summed E-state index contributed by atoms with van der Waals surface area (Å²) in [7, 11) is 0. The molecule has 0 atom stereocenters. The highest BCUT2D eigenvalue weighted by Gasteiger charge is 2.47. The minimum atomic E-state index is -0.460. The van der Waals surface area contributed by atoms with Gasteiger partial charge in [-0.1, -0.05) is 19.6 Å². The maximum Gasteiger partial charge on any atom is 0.235 e. The topological polar surface area (TPSA) is 59.3 Å². The van der Waals surface area contributed by atoms with E-state index in [2.05, 4.69) is 41.2 Å². The number of carbonyl (C=O) groups is 1. The quantitative estimate of drug-likeness (QED) is 0.635. The second kappa shape index (κ2) is 7.82. The van der Waals surface area contributed by atoms with Gasteiger partial charge >= 0.3 is 0 Å². The number of carbonyl (C=O) groups excluding carboxylic acids is 1. The van der Waals surface area contributed by atoms with Crippen molar-refractivity contribution >= 4 is 30.3 Å². The highest BCUT2D eigenvalue weighted by molar-refractivity contribution is 7.79. The Morgan fingerprint density at radius 2 is 2.16 bits per heavy atom. The van der Waals surface area contributed by atoms with Gasteiger partial charge in [0.15, 0.2) is 5.65 Å². The predicted octanol–water partition coefficient (Wildman–Crippen LogP) is 3.52. The van der Waals surface area contributed by atoms with E-state index in [0.29, 0.717) is 17.8 Å². The molecule has 2 aliphatic rings. The number of nitrogens with one attached hydrogen (secondary N) is 1. The molecule has 25 heavy (non-hydrogen) atoms. The second-order valence-corrected chi connectivity index (χ2v) is 6.21. The number of halogens is 1. The molecule has 4 rings (SSSR count). The fourth-order valence-electron chi connectivity index (χ4n) is 3.38. The van der Waals surface area contributed by atoms with E-state index >= 15 is 0 Å². The normalized spacial score (nSPS) is 16.1. The Kier molecular flexibility index (Phi) is 6.00. The highest BCUT2D eigenvalue weighted by Crippen LogP contribution is 2.55. The van der Waals surface area contributed by atoms with Crippen molar-refractivity contribution in [2.24, 2.45) is 0 Å². The van der Waals surface area contributed by atoms with Crippen molar-refractivity contribution in [3.05, 3.63) is 48.3 Å². The standard InChI is InChI=1S/C13H12FN3.C4H7NO.CH4S/c1-8-6-13(3-2-4-13)12-9(8)7-15-11-5-10(14)16-17(11)12;1-4(2)5-3-6;1-2/h5,7H,1-4,6H2;3H,1H2,2H3,(H,5,6);2H,1H3. The molecule has 1 N–H and O–H groups in total. The van der Waals surface area contributed by atoms with Crippen LogP contribution in [0, 0.1) is 5.95 Å². The second-order valence-electron chi connectivity index (χ2n) is 6.21. The van der Waals surface area contributed by atoms with Gasteiger partial charge in [-0.15, -0.1) is 5.10 Å². The molecule has 0 saturated heterocycles. The van der Waals surface area contributed by atoms with Crippen LogP contribution in [0.1, 0.15) is 43.9 Å². The predicted molar refractivity (Wildman–Crippen MR) is 101 cm³/mol. The van der Waals surface area contributed by atoms with Gasteiger partial charge in [-0.05, 0) is 38.0 Å². The Balaban J connectivity index is 0.000000243. The summed E-state index contributed by atoms with van der Waals surface area (Å²) in [6.45, 7) is 9.23. The first-order valence-electron chi connectivity index (χ1n) is 8.00. The molecule has 134 valence electrons. The number of fused-ring (bicyclic) bond motifs is 4. The first kappa shape index (κ1) is 19.2. The van der Waals surface area contributed by atoms with Crippen LogP contribution in [0.2, 0.25) is 0 Å². The summed E-state index contributed by atoms with van der Waals surface area (Å²) >= 11 is 3.53. The van der Waals surface area contributed by atoms with Crippen molar-refractivity contribution in [2.75, 3.05) is 6.26 Å². The van der Waals surface area contributed by atoms with Crippen LogP contribution in [0.5, 0.6) is 0 Å². The van der Waals surface area contributed by atoms with Gasteiger partial charge in [0.2, 0.25) is 12.4 Å². The van der Waals surface area contributed by atoms with Crippen LogP contribution in [0.4, 0.5) is 4.39 Å². The lowest BCUT2D eigenvalue weighted by atomic mass is 9.67. The highest BCUT2D eigenvalue weighted by atomic mass is 32.1. The van der Waals surface area contributed by atoms with Crippen LogP contribution in [-0.4, -0.2) is 27.3 Å². The van der Waals surface area contributed by atoms with Gasteiger partial charge in [0.05, 0.1) is 5.69 Å². The number of amides is 1.